The van der Waals surface area contributed by atoms with Crippen LogP contribution in [0.4, 0.5) is 5.69 Å². The largest absolute Gasteiger partial charge is 0.315 e. The summed E-state index contributed by atoms with van der Waals surface area (Å²) in [5.41, 5.74) is 2.83. The topological polar surface area (TPSA) is 49.4 Å². The predicted octanol–water partition coefficient (Wildman–Crippen LogP) is 0.665. The highest BCUT2D eigenvalue weighted by molar-refractivity contribution is 6.01. The Morgan fingerprint density at radius 2 is 2.25 bits per heavy atom. The molecule has 16 heavy (non-hydrogen) atoms. The number of benzene rings is 1. The summed E-state index contributed by atoms with van der Waals surface area (Å²) < 4.78 is 0. The van der Waals surface area contributed by atoms with Gasteiger partial charge in [-0.25, -0.2) is 0 Å². The molecule has 0 radical (unpaired) electrons. The van der Waals surface area contributed by atoms with Crippen LogP contribution in [0.2, 0.25) is 0 Å². The van der Waals surface area contributed by atoms with Crippen LogP contribution in [0.25, 0.3) is 0 Å². The van der Waals surface area contributed by atoms with Crippen LogP contribution in [0.1, 0.15) is 17.2 Å². The van der Waals surface area contributed by atoms with Crippen LogP contribution in [0.5, 0.6) is 0 Å². The van der Waals surface area contributed by atoms with Gasteiger partial charge in [-0.1, -0.05) is 12.1 Å². The molecule has 1 aromatic carbocycles. The fraction of sp³-hybridized carbons (Fsp3) is 0.333. The molecule has 0 fully saturated rings. The SMILES string of the molecule is CNC(C=O)c1ccc2c(c1)CC(=O)N2C. The predicted molar refractivity (Wildman–Crippen MR) is 61.4 cm³/mol. The van der Waals surface area contributed by atoms with E-state index in [-0.39, 0.29) is 11.9 Å². The Hall–Kier alpha value is -1.68. The monoisotopic (exact) mass is 218 g/mol. The van der Waals surface area contributed by atoms with Crippen LogP contribution in [0.3, 0.4) is 0 Å². The standard InChI is InChI=1S/C12H14N2O2/c1-13-10(7-15)8-3-4-11-9(5-8)6-12(16)14(11)2/h3-5,7,10,13H,6H2,1-2H3. The number of nitrogens with one attached hydrogen (secondary N) is 1. The van der Waals surface area contributed by atoms with E-state index in [9.17, 15) is 9.59 Å². The van der Waals surface area contributed by atoms with Crippen molar-refractivity contribution in [2.75, 3.05) is 19.0 Å². The zero-order valence-corrected chi connectivity index (χ0v) is 9.36. The highest BCUT2D eigenvalue weighted by Gasteiger charge is 2.24. The summed E-state index contributed by atoms with van der Waals surface area (Å²) in [7, 11) is 3.51. The molecule has 1 aromatic rings. The molecule has 1 heterocycles. The van der Waals surface area contributed by atoms with Crippen molar-refractivity contribution in [2.24, 2.45) is 0 Å². The second-order valence-corrected chi connectivity index (χ2v) is 3.92. The summed E-state index contributed by atoms with van der Waals surface area (Å²) in [6.07, 6.45) is 1.29. The van der Waals surface area contributed by atoms with Gasteiger partial charge in [0.2, 0.25) is 5.91 Å². The third kappa shape index (κ3) is 1.61. The van der Waals surface area contributed by atoms with E-state index in [4.69, 9.17) is 0 Å². The van der Waals surface area contributed by atoms with Crippen LogP contribution in [0, 0.1) is 0 Å². The molecule has 0 aromatic heterocycles. The molecule has 1 unspecified atom stereocenters. The molecule has 0 spiro atoms. The zero-order valence-electron chi connectivity index (χ0n) is 9.36. The summed E-state index contributed by atoms with van der Waals surface area (Å²) in [6.45, 7) is 0. The molecule has 0 bridgehead atoms. The number of likely N-dealkylation sites (N-methyl/N-ethyl adjacent to an activating group) is 2. The molecule has 1 aliphatic heterocycles. The molecular formula is C12H14N2O2. The van der Waals surface area contributed by atoms with E-state index in [0.29, 0.717) is 6.42 Å². The second-order valence-electron chi connectivity index (χ2n) is 3.92. The van der Waals surface area contributed by atoms with Gasteiger partial charge in [-0.3, -0.25) is 4.79 Å². The van der Waals surface area contributed by atoms with Crippen LogP contribution in [0.15, 0.2) is 18.2 Å². The number of hydrogen-bond acceptors (Lipinski definition) is 3. The van der Waals surface area contributed by atoms with Gasteiger partial charge >= 0.3 is 0 Å². The fourth-order valence-corrected chi connectivity index (χ4v) is 2.00. The first-order chi connectivity index (χ1) is 7.67. The molecule has 1 atom stereocenters. The number of hydrogen-bond donors (Lipinski definition) is 1. The Kier molecular flexibility index (Phi) is 2.75. The average molecular weight is 218 g/mol. The number of carbonyl (C=O) groups is 2. The Labute approximate surface area is 94.2 Å². The lowest BCUT2D eigenvalue weighted by Gasteiger charge is -2.13. The zero-order chi connectivity index (χ0) is 11.7. The Morgan fingerprint density at radius 3 is 2.88 bits per heavy atom. The van der Waals surface area contributed by atoms with E-state index in [2.05, 4.69) is 5.32 Å². The maximum Gasteiger partial charge on any atom is 0.231 e. The lowest BCUT2D eigenvalue weighted by molar-refractivity contribution is -0.117. The van der Waals surface area contributed by atoms with Gasteiger partial charge in [0.15, 0.2) is 0 Å². The quantitative estimate of drug-likeness (QED) is 0.758. The minimum atomic E-state index is -0.300. The third-order valence-electron chi connectivity index (χ3n) is 2.99. The van der Waals surface area contributed by atoms with E-state index >= 15 is 0 Å². The van der Waals surface area contributed by atoms with Gasteiger partial charge < -0.3 is 15.0 Å². The lowest BCUT2D eigenvalue weighted by atomic mass is 10.0. The highest BCUT2D eigenvalue weighted by Crippen LogP contribution is 2.29. The van der Waals surface area contributed by atoms with Gasteiger partial charge in [-0.05, 0) is 24.2 Å². The summed E-state index contributed by atoms with van der Waals surface area (Å²) in [5.74, 6) is 0.0965. The van der Waals surface area contributed by atoms with Crippen molar-refractivity contribution >= 4 is 17.9 Å². The van der Waals surface area contributed by atoms with Gasteiger partial charge in [0, 0.05) is 12.7 Å². The smallest absolute Gasteiger partial charge is 0.231 e. The summed E-state index contributed by atoms with van der Waals surface area (Å²) in [4.78, 5) is 24.0. The fourth-order valence-electron chi connectivity index (χ4n) is 2.00. The second kappa shape index (κ2) is 4.06. The molecule has 84 valence electrons. The number of amides is 1. The first-order valence-electron chi connectivity index (χ1n) is 5.19. The molecular weight excluding hydrogens is 204 g/mol. The molecule has 4 heteroatoms. The molecule has 2 rings (SSSR count). The molecule has 0 aliphatic carbocycles. The van der Waals surface area contributed by atoms with Crippen molar-refractivity contribution in [2.45, 2.75) is 12.5 Å². The van der Waals surface area contributed by atoms with Gasteiger partial charge in [0.1, 0.15) is 6.29 Å². The van der Waals surface area contributed by atoms with E-state index < -0.39 is 0 Å². The minimum Gasteiger partial charge on any atom is -0.315 e. The number of rotatable bonds is 3. The van der Waals surface area contributed by atoms with Gasteiger partial charge in [-0.2, -0.15) is 0 Å². The van der Waals surface area contributed by atoms with Gasteiger partial charge in [-0.15, -0.1) is 0 Å². The van der Waals surface area contributed by atoms with Crippen LogP contribution >= 0.6 is 0 Å². The molecule has 1 N–H and O–H groups in total. The van der Waals surface area contributed by atoms with Crippen molar-refractivity contribution in [1.82, 2.24) is 5.32 Å². The maximum atomic E-state index is 11.5. The number of aldehydes is 1. The molecule has 4 nitrogen and oxygen atoms in total. The summed E-state index contributed by atoms with van der Waals surface area (Å²) in [6, 6.07) is 5.39. The van der Waals surface area contributed by atoms with Crippen LogP contribution < -0.4 is 10.2 Å². The van der Waals surface area contributed by atoms with E-state index in [0.717, 1.165) is 23.1 Å². The van der Waals surface area contributed by atoms with Crippen molar-refractivity contribution in [3.63, 3.8) is 0 Å². The molecule has 0 saturated carbocycles. The summed E-state index contributed by atoms with van der Waals surface area (Å²) in [5, 5.41) is 2.92. The maximum absolute atomic E-state index is 11.5. The normalized spacial score (nSPS) is 16.1. The Morgan fingerprint density at radius 1 is 1.50 bits per heavy atom. The van der Waals surface area contributed by atoms with Crippen molar-refractivity contribution < 1.29 is 9.59 Å². The minimum absolute atomic E-state index is 0.0965. The Bertz CT molecular complexity index is 443. The van der Waals surface area contributed by atoms with Crippen molar-refractivity contribution in [3.05, 3.63) is 29.3 Å². The average Bonchev–Trinajstić information content (AvgIpc) is 2.56. The van der Waals surface area contributed by atoms with Gasteiger partial charge in [0.25, 0.3) is 0 Å². The lowest BCUT2D eigenvalue weighted by Crippen LogP contribution is -2.20. The first-order valence-corrected chi connectivity index (χ1v) is 5.19. The molecule has 0 saturated heterocycles. The first kappa shape index (κ1) is 10.8. The van der Waals surface area contributed by atoms with E-state index in [1.165, 1.54) is 0 Å². The van der Waals surface area contributed by atoms with E-state index in [1.807, 2.05) is 18.2 Å². The number of nitrogens with zero attached hydrogens (tertiary/aromatic N) is 1. The Balaban J connectivity index is 2.38. The molecule has 1 amide bonds. The highest BCUT2D eigenvalue weighted by atomic mass is 16.2. The van der Waals surface area contributed by atoms with Crippen molar-refractivity contribution in [3.8, 4) is 0 Å². The van der Waals surface area contributed by atoms with Crippen LogP contribution in [-0.2, 0) is 16.0 Å². The number of carbonyl (C=O) groups excluding carboxylic acids is 2. The molecule has 1 aliphatic rings. The van der Waals surface area contributed by atoms with Crippen LogP contribution in [-0.4, -0.2) is 26.3 Å². The van der Waals surface area contributed by atoms with E-state index in [1.54, 1.807) is 19.0 Å². The van der Waals surface area contributed by atoms with Gasteiger partial charge in [0.05, 0.1) is 12.5 Å². The number of fused-ring (bicyclic) bond motifs is 1. The summed E-state index contributed by atoms with van der Waals surface area (Å²) >= 11 is 0. The van der Waals surface area contributed by atoms with Crippen molar-refractivity contribution in [1.29, 1.82) is 0 Å². The third-order valence-corrected chi connectivity index (χ3v) is 2.99. The number of anilines is 1.